The largest absolute Gasteiger partial charge is 0.269 e. The normalized spacial score (nSPS) is 13.4. The third kappa shape index (κ3) is 2.37. The molecule has 8 heteroatoms. The fourth-order valence-electron chi connectivity index (χ4n) is 3.06. The van der Waals surface area contributed by atoms with Crippen LogP contribution in [0, 0.1) is 10.1 Å². The highest BCUT2D eigenvalue weighted by molar-refractivity contribution is 9.11. The van der Waals surface area contributed by atoms with Gasteiger partial charge in [0.2, 0.25) is 0 Å². The van der Waals surface area contributed by atoms with E-state index in [1.165, 1.54) is 24.3 Å². The number of carbonyl (C=O) groups is 2. The van der Waals surface area contributed by atoms with Crippen molar-refractivity contribution in [2.24, 2.45) is 0 Å². The predicted octanol–water partition coefficient (Wildman–Crippen LogP) is 5.07. The van der Waals surface area contributed by atoms with Crippen molar-refractivity contribution in [3.63, 3.8) is 0 Å². The smallest absolute Gasteiger partial charge is 0.268 e. The second-order valence-electron chi connectivity index (χ2n) is 5.66. The Labute approximate surface area is 163 Å². The first-order chi connectivity index (χ1) is 12.4. The Morgan fingerprint density at radius 1 is 0.769 bits per heavy atom. The van der Waals surface area contributed by atoms with Crippen molar-refractivity contribution in [2.45, 2.75) is 0 Å². The second-order valence-corrected chi connectivity index (χ2v) is 7.37. The van der Waals surface area contributed by atoms with Crippen molar-refractivity contribution in [3.05, 3.63) is 78.7 Å². The standard InChI is InChI=1S/C18H8Br2N2O4/c19-13-7-5-11-15-12(6-8-14(20)16(13)15)18(24)21(17(11)23)9-1-3-10(4-2-9)22(25)26/h1-8H. The minimum Gasteiger partial charge on any atom is -0.268 e. The Morgan fingerprint density at radius 3 is 1.73 bits per heavy atom. The summed E-state index contributed by atoms with van der Waals surface area (Å²) >= 11 is 6.92. The molecule has 0 N–H and O–H groups in total. The van der Waals surface area contributed by atoms with Gasteiger partial charge >= 0.3 is 0 Å². The monoisotopic (exact) mass is 474 g/mol. The number of amides is 2. The lowest BCUT2D eigenvalue weighted by atomic mass is 9.93. The van der Waals surface area contributed by atoms with Crippen molar-refractivity contribution in [3.8, 4) is 0 Å². The van der Waals surface area contributed by atoms with Gasteiger partial charge in [0.1, 0.15) is 0 Å². The molecule has 4 rings (SSSR count). The van der Waals surface area contributed by atoms with Crippen LogP contribution in [0.15, 0.2) is 57.5 Å². The van der Waals surface area contributed by atoms with Crippen LogP contribution >= 0.6 is 31.9 Å². The number of halogens is 2. The Hall–Kier alpha value is -2.58. The number of anilines is 1. The molecule has 0 spiro atoms. The molecule has 2 amide bonds. The first kappa shape index (κ1) is 16.9. The minimum absolute atomic E-state index is 0.110. The molecule has 0 aliphatic carbocycles. The highest BCUT2D eigenvalue weighted by Gasteiger charge is 2.35. The van der Waals surface area contributed by atoms with Gasteiger partial charge in [-0.2, -0.15) is 0 Å². The lowest BCUT2D eigenvalue weighted by Gasteiger charge is -2.27. The Bertz CT molecular complexity index is 1070. The summed E-state index contributed by atoms with van der Waals surface area (Å²) in [5.41, 5.74) is 0.978. The van der Waals surface area contributed by atoms with Gasteiger partial charge in [-0.3, -0.25) is 19.7 Å². The van der Waals surface area contributed by atoms with E-state index in [-0.39, 0.29) is 11.4 Å². The molecule has 1 heterocycles. The van der Waals surface area contributed by atoms with Crippen molar-refractivity contribution in [2.75, 3.05) is 4.90 Å². The number of nitro benzene ring substituents is 1. The van der Waals surface area contributed by atoms with Gasteiger partial charge in [-0.1, -0.05) is 31.9 Å². The second kappa shape index (κ2) is 6.00. The van der Waals surface area contributed by atoms with E-state index >= 15 is 0 Å². The van der Waals surface area contributed by atoms with E-state index in [1.54, 1.807) is 24.3 Å². The van der Waals surface area contributed by atoms with E-state index in [9.17, 15) is 19.7 Å². The molecule has 26 heavy (non-hydrogen) atoms. The lowest BCUT2D eigenvalue weighted by molar-refractivity contribution is -0.384. The van der Waals surface area contributed by atoms with E-state index in [0.29, 0.717) is 16.5 Å². The number of nitro groups is 1. The van der Waals surface area contributed by atoms with Gasteiger partial charge in [-0.05, 0) is 36.4 Å². The third-order valence-electron chi connectivity index (χ3n) is 4.24. The van der Waals surface area contributed by atoms with Crippen LogP contribution in [-0.2, 0) is 0 Å². The predicted molar refractivity (Wildman–Crippen MR) is 104 cm³/mol. The molecule has 0 aromatic heterocycles. The molecule has 0 fully saturated rings. The van der Waals surface area contributed by atoms with Crippen LogP contribution in [0.1, 0.15) is 20.7 Å². The Kier molecular flexibility index (Phi) is 3.89. The first-order valence-electron chi connectivity index (χ1n) is 7.44. The molecule has 0 saturated carbocycles. The van der Waals surface area contributed by atoms with Gasteiger partial charge in [-0.15, -0.1) is 0 Å². The van der Waals surface area contributed by atoms with Gasteiger partial charge < -0.3 is 0 Å². The maximum Gasteiger partial charge on any atom is 0.269 e. The van der Waals surface area contributed by atoms with Crippen LogP contribution in [0.3, 0.4) is 0 Å². The fraction of sp³-hybridized carbons (Fsp3) is 0. The summed E-state index contributed by atoms with van der Waals surface area (Å²) in [4.78, 5) is 37.3. The maximum absolute atomic E-state index is 13.0. The SMILES string of the molecule is O=C1c2ccc(Br)c3c(Br)ccc(c23)C(=O)N1c1ccc([N+](=O)[O-])cc1. The zero-order valence-electron chi connectivity index (χ0n) is 12.9. The van der Waals surface area contributed by atoms with Crippen LogP contribution in [0.5, 0.6) is 0 Å². The molecule has 0 bridgehead atoms. The number of hydrogen-bond acceptors (Lipinski definition) is 4. The van der Waals surface area contributed by atoms with Gasteiger partial charge in [0.15, 0.2) is 0 Å². The average Bonchev–Trinajstić information content (AvgIpc) is 2.61. The van der Waals surface area contributed by atoms with E-state index in [1.807, 2.05) is 0 Å². The summed E-state index contributed by atoms with van der Waals surface area (Å²) in [6.07, 6.45) is 0. The Balaban J connectivity index is 1.93. The molecule has 6 nitrogen and oxygen atoms in total. The number of hydrogen-bond donors (Lipinski definition) is 0. The number of rotatable bonds is 2. The Morgan fingerprint density at radius 2 is 1.27 bits per heavy atom. The van der Waals surface area contributed by atoms with Crippen molar-refractivity contribution in [1.82, 2.24) is 0 Å². The van der Waals surface area contributed by atoms with Crippen molar-refractivity contribution >= 4 is 65.8 Å². The quantitative estimate of drug-likeness (QED) is 0.294. The molecule has 0 saturated heterocycles. The molecule has 1 aliphatic heterocycles. The molecule has 1 aliphatic rings. The van der Waals surface area contributed by atoms with Crippen LogP contribution in [-0.4, -0.2) is 16.7 Å². The number of carbonyl (C=O) groups excluding carboxylic acids is 2. The van der Waals surface area contributed by atoms with Crippen LogP contribution < -0.4 is 4.90 Å². The van der Waals surface area contributed by atoms with Gasteiger partial charge in [-0.25, -0.2) is 4.90 Å². The topological polar surface area (TPSA) is 80.5 Å². The summed E-state index contributed by atoms with van der Waals surface area (Å²) in [5, 5.41) is 12.2. The lowest BCUT2D eigenvalue weighted by Crippen LogP contribution is -2.40. The zero-order valence-corrected chi connectivity index (χ0v) is 16.1. The van der Waals surface area contributed by atoms with E-state index in [2.05, 4.69) is 31.9 Å². The average molecular weight is 476 g/mol. The number of benzene rings is 3. The van der Waals surface area contributed by atoms with Gasteiger partial charge in [0, 0.05) is 43.0 Å². The van der Waals surface area contributed by atoms with Crippen LogP contribution in [0.4, 0.5) is 11.4 Å². The van der Waals surface area contributed by atoms with E-state index in [4.69, 9.17) is 0 Å². The van der Waals surface area contributed by atoms with Gasteiger partial charge in [0.25, 0.3) is 17.5 Å². The molecule has 3 aromatic rings. The summed E-state index contributed by atoms with van der Waals surface area (Å²) in [5.74, 6) is -0.932. The molecule has 3 aromatic carbocycles. The third-order valence-corrected chi connectivity index (χ3v) is 5.57. The number of imide groups is 1. The van der Waals surface area contributed by atoms with E-state index in [0.717, 1.165) is 19.2 Å². The number of non-ortho nitro benzene ring substituents is 1. The zero-order chi connectivity index (χ0) is 18.6. The van der Waals surface area contributed by atoms with Crippen LogP contribution in [0.2, 0.25) is 0 Å². The molecular weight excluding hydrogens is 468 g/mol. The molecule has 0 radical (unpaired) electrons. The van der Waals surface area contributed by atoms with Crippen LogP contribution in [0.25, 0.3) is 10.8 Å². The molecule has 0 unspecified atom stereocenters. The summed E-state index contributed by atoms with van der Waals surface area (Å²) < 4.78 is 1.55. The van der Waals surface area contributed by atoms with Crippen molar-refractivity contribution in [1.29, 1.82) is 0 Å². The summed E-state index contributed by atoms with van der Waals surface area (Å²) in [6.45, 7) is 0. The summed E-state index contributed by atoms with van der Waals surface area (Å²) in [7, 11) is 0. The van der Waals surface area contributed by atoms with Crippen molar-refractivity contribution < 1.29 is 14.5 Å². The number of nitrogens with zero attached hydrogens (tertiary/aromatic N) is 2. The summed E-state index contributed by atoms with van der Waals surface area (Å²) in [6, 6.07) is 12.2. The highest BCUT2D eigenvalue weighted by atomic mass is 79.9. The van der Waals surface area contributed by atoms with Gasteiger partial charge in [0.05, 0.1) is 10.6 Å². The molecular formula is C18H8Br2N2O4. The van der Waals surface area contributed by atoms with E-state index < -0.39 is 16.7 Å². The minimum atomic E-state index is -0.533. The molecule has 128 valence electrons. The maximum atomic E-state index is 13.0. The highest BCUT2D eigenvalue weighted by Crippen LogP contribution is 2.39. The fourth-order valence-corrected chi connectivity index (χ4v) is 4.42. The first-order valence-corrected chi connectivity index (χ1v) is 9.02. The molecule has 0 atom stereocenters.